The van der Waals surface area contributed by atoms with Gasteiger partial charge in [-0.1, -0.05) is 107 Å². The molecule has 0 bridgehead atoms. The van der Waals surface area contributed by atoms with Crippen molar-refractivity contribution in [2.24, 2.45) is 0 Å². The number of phenolic OH excluding ortho intramolecular Hbond substituents is 2. The zero-order valence-electron chi connectivity index (χ0n) is 26.4. The van der Waals surface area contributed by atoms with E-state index in [1.54, 1.807) is 12.1 Å². The van der Waals surface area contributed by atoms with E-state index < -0.39 is 7.82 Å². The van der Waals surface area contributed by atoms with Crippen molar-refractivity contribution in [3.8, 4) is 11.5 Å². The first-order valence-electron chi connectivity index (χ1n) is 11.7. The SMILES string of the molecule is CC(C)(C)c1ccc(O)c(C(C)(C)C)c1.CC(C)(C)c1ccc(O)c(C(C)(C)C)c1.O=P([O-])([O-])[O-].[Li+].[Li+].[Li+]. The second-order valence-electron chi connectivity index (χ2n) is 12.9. The summed E-state index contributed by atoms with van der Waals surface area (Å²) in [6, 6.07) is 11.9. The number of rotatable bonds is 0. The summed E-state index contributed by atoms with van der Waals surface area (Å²) in [4.78, 5) is 25.6. The third-order valence-corrected chi connectivity index (χ3v) is 5.34. The van der Waals surface area contributed by atoms with Crippen molar-refractivity contribution in [1.29, 1.82) is 0 Å². The van der Waals surface area contributed by atoms with E-state index >= 15 is 0 Å². The summed E-state index contributed by atoms with van der Waals surface area (Å²) in [6.45, 7) is 25.8. The van der Waals surface area contributed by atoms with Gasteiger partial charge in [0.2, 0.25) is 0 Å². The topological polar surface area (TPSA) is 127 Å². The van der Waals surface area contributed by atoms with Crippen molar-refractivity contribution < 1.29 is 86.0 Å². The molecular weight excluding hydrogens is 484 g/mol. The van der Waals surface area contributed by atoms with Gasteiger partial charge < -0.3 is 29.5 Å². The first kappa shape index (κ1) is 44.9. The van der Waals surface area contributed by atoms with Gasteiger partial charge in [0.1, 0.15) is 11.5 Å². The fourth-order valence-electron chi connectivity index (χ4n) is 3.21. The van der Waals surface area contributed by atoms with Gasteiger partial charge in [0.05, 0.1) is 0 Å². The van der Waals surface area contributed by atoms with E-state index in [2.05, 4.69) is 95.2 Å². The van der Waals surface area contributed by atoms with E-state index in [9.17, 15) is 10.2 Å². The van der Waals surface area contributed by atoms with Crippen molar-refractivity contribution in [3.05, 3.63) is 58.7 Å². The molecule has 200 valence electrons. The largest absolute Gasteiger partial charge is 1.00 e. The summed E-state index contributed by atoms with van der Waals surface area (Å²) in [5, 5.41) is 19.7. The Labute approximate surface area is 267 Å². The number of phosphoric acid groups is 1. The van der Waals surface area contributed by atoms with Crippen LogP contribution in [0.4, 0.5) is 0 Å². The van der Waals surface area contributed by atoms with Gasteiger partial charge in [-0.2, -0.15) is 7.82 Å². The molecule has 0 amide bonds. The van der Waals surface area contributed by atoms with Crippen molar-refractivity contribution in [3.63, 3.8) is 0 Å². The minimum Gasteiger partial charge on any atom is -0.822 e. The molecule has 0 saturated heterocycles. The average Bonchev–Trinajstić information content (AvgIpc) is 2.57. The van der Waals surface area contributed by atoms with E-state index in [1.165, 1.54) is 11.1 Å². The number of hydrogen-bond acceptors (Lipinski definition) is 6. The molecule has 0 spiro atoms. The Morgan fingerprint density at radius 1 is 0.526 bits per heavy atom. The third-order valence-electron chi connectivity index (χ3n) is 5.34. The number of hydrogen-bond donors (Lipinski definition) is 2. The van der Waals surface area contributed by atoms with E-state index in [0.29, 0.717) is 11.5 Å². The quantitative estimate of drug-likeness (QED) is 0.267. The summed E-state index contributed by atoms with van der Waals surface area (Å²) < 4.78 is 8.55. The van der Waals surface area contributed by atoms with Gasteiger partial charge in [0, 0.05) is 0 Å². The molecule has 0 radical (unpaired) electrons. The van der Waals surface area contributed by atoms with Crippen molar-refractivity contribution >= 4 is 7.82 Å². The number of phenols is 2. The molecule has 2 aromatic carbocycles. The standard InChI is InChI=1S/2C14H22O.3Li.H3O4P/c2*1-13(2,3)10-7-8-12(15)11(9-10)14(4,5)6;;;;1-5(2,3)4/h2*7-9,15H,1-6H3;;;;(H3,1,2,3,4)/q;;3*+1;/p-3. The van der Waals surface area contributed by atoms with Crippen LogP contribution in [-0.4, -0.2) is 10.2 Å². The second kappa shape index (κ2) is 16.4. The molecule has 6 nitrogen and oxygen atoms in total. The van der Waals surface area contributed by atoms with E-state index in [0.717, 1.165) is 11.1 Å². The molecule has 10 heteroatoms. The Morgan fingerprint density at radius 2 is 0.737 bits per heavy atom. The van der Waals surface area contributed by atoms with Crippen LogP contribution in [0.25, 0.3) is 0 Å². The fraction of sp³-hybridized carbons (Fsp3) is 0.571. The second-order valence-corrected chi connectivity index (χ2v) is 13.8. The molecule has 2 rings (SSSR count). The van der Waals surface area contributed by atoms with Crippen molar-refractivity contribution in [2.75, 3.05) is 0 Å². The number of benzene rings is 2. The van der Waals surface area contributed by atoms with E-state index in [-0.39, 0.29) is 78.2 Å². The van der Waals surface area contributed by atoms with Crippen molar-refractivity contribution in [2.45, 2.75) is 105 Å². The van der Waals surface area contributed by atoms with Crippen LogP contribution in [0.5, 0.6) is 11.5 Å². The first-order chi connectivity index (χ1) is 15.2. The molecule has 0 saturated carbocycles. The third kappa shape index (κ3) is 17.6. The summed E-state index contributed by atoms with van der Waals surface area (Å²) in [6.07, 6.45) is 0. The van der Waals surface area contributed by atoms with E-state index in [1.807, 2.05) is 12.1 Å². The maximum atomic E-state index is 9.84. The van der Waals surface area contributed by atoms with Crippen LogP contribution in [0.2, 0.25) is 0 Å². The zero-order valence-corrected chi connectivity index (χ0v) is 27.3. The van der Waals surface area contributed by atoms with Gasteiger partial charge in [-0.3, -0.25) is 0 Å². The Kier molecular flexibility index (Phi) is 19.4. The molecular formula is C28H44Li3O6P. The molecule has 0 aromatic heterocycles. The Hall–Kier alpha value is -0.0578. The smallest absolute Gasteiger partial charge is 0.822 e. The molecule has 2 aromatic rings. The van der Waals surface area contributed by atoms with E-state index in [4.69, 9.17) is 19.2 Å². The Bertz CT molecular complexity index is 943. The van der Waals surface area contributed by atoms with Crippen LogP contribution < -0.4 is 71.3 Å². The van der Waals surface area contributed by atoms with Gasteiger partial charge in [-0.25, -0.2) is 0 Å². The molecule has 38 heavy (non-hydrogen) atoms. The fourth-order valence-corrected chi connectivity index (χ4v) is 3.21. The maximum Gasteiger partial charge on any atom is 1.00 e. The minimum atomic E-state index is -5.39. The van der Waals surface area contributed by atoms with Crippen LogP contribution >= 0.6 is 7.82 Å². The van der Waals surface area contributed by atoms with Crippen molar-refractivity contribution in [1.82, 2.24) is 0 Å². The summed E-state index contributed by atoms with van der Waals surface area (Å²) in [5.41, 5.74) is 4.83. The summed E-state index contributed by atoms with van der Waals surface area (Å²) >= 11 is 0. The Morgan fingerprint density at radius 3 is 0.895 bits per heavy atom. The Balaban J connectivity index is -0.000000242. The monoisotopic (exact) mass is 528 g/mol. The minimum absolute atomic E-state index is 0. The van der Waals surface area contributed by atoms with Crippen LogP contribution in [0.15, 0.2) is 36.4 Å². The molecule has 0 unspecified atom stereocenters. The molecule has 0 fully saturated rings. The number of aromatic hydroxyl groups is 2. The van der Waals surface area contributed by atoms with Gasteiger partial charge in [0.25, 0.3) is 0 Å². The van der Waals surface area contributed by atoms with Gasteiger partial charge in [-0.15, -0.1) is 0 Å². The molecule has 0 aliphatic carbocycles. The predicted octanol–water partition coefficient (Wildman–Crippen LogP) is -3.84. The molecule has 0 aliphatic heterocycles. The first-order valence-corrected chi connectivity index (χ1v) is 13.1. The summed E-state index contributed by atoms with van der Waals surface area (Å²) in [5.74, 6) is 0.797. The van der Waals surface area contributed by atoms with Gasteiger partial charge in [0.15, 0.2) is 0 Å². The molecule has 0 aliphatic rings. The van der Waals surface area contributed by atoms with Crippen LogP contribution in [-0.2, 0) is 26.2 Å². The van der Waals surface area contributed by atoms with Gasteiger partial charge in [-0.05, 0) is 56.0 Å². The molecule has 0 atom stereocenters. The summed E-state index contributed by atoms with van der Waals surface area (Å²) in [7, 11) is -5.39. The normalized spacial score (nSPS) is 11.8. The molecule has 2 N–H and O–H groups in total. The van der Waals surface area contributed by atoms with Gasteiger partial charge >= 0.3 is 56.6 Å². The molecule has 0 heterocycles. The van der Waals surface area contributed by atoms with Crippen LogP contribution in [0.1, 0.15) is 105 Å². The van der Waals surface area contributed by atoms with Crippen LogP contribution in [0.3, 0.4) is 0 Å². The van der Waals surface area contributed by atoms with Crippen LogP contribution in [0, 0.1) is 0 Å². The zero-order chi connectivity index (χ0) is 28.2. The predicted molar refractivity (Wildman–Crippen MR) is 139 cm³/mol. The maximum absolute atomic E-state index is 9.84. The average molecular weight is 528 g/mol.